The zero-order valence-corrected chi connectivity index (χ0v) is 12.1. The van der Waals surface area contributed by atoms with Gasteiger partial charge in [-0.05, 0) is 31.0 Å². The number of hydrogen-bond donors (Lipinski definition) is 2. The fourth-order valence-corrected chi connectivity index (χ4v) is 1.90. The van der Waals surface area contributed by atoms with Crippen LogP contribution in [0, 0.1) is 17.0 Å². The van der Waals surface area contributed by atoms with Crippen LogP contribution in [-0.4, -0.2) is 16.5 Å². The number of nitrogens with zero attached hydrogens (tertiary/aromatic N) is 2. The van der Waals surface area contributed by atoms with Crippen molar-refractivity contribution in [3.63, 3.8) is 0 Å². The maximum Gasteiger partial charge on any atom is 0.276 e. The third kappa shape index (κ3) is 4.17. The van der Waals surface area contributed by atoms with E-state index in [1.165, 1.54) is 12.1 Å². The maximum absolute atomic E-state index is 11.0. The number of anilines is 3. The van der Waals surface area contributed by atoms with Crippen molar-refractivity contribution in [1.29, 1.82) is 0 Å². The maximum atomic E-state index is 11.0. The van der Waals surface area contributed by atoms with Gasteiger partial charge in [-0.2, -0.15) is 0 Å². The Bertz CT molecular complexity index is 643. The summed E-state index contributed by atoms with van der Waals surface area (Å²) in [4.78, 5) is 14.9. The van der Waals surface area contributed by atoms with Crippen LogP contribution in [-0.2, 0) is 0 Å². The van der Waals surface area contributed by atoms with Gasteiger partial charge < -0.3 is 10.6 Å². The molecule has 0 aliphatic heterocycles. The largest absolute Gasteiger partial charge is 0.370 e. The molecule has 110 valence electrons. The minimum absolute atomic E-state index is 0.0127. The summed E-state index contributed by atoms with van der Waals surface area (Å²) in [5.41, 5.74) is 1.97. The number of rotatable bonds is 6. The highest BCUT2D eigenvalue weighted by atomic mass is 16.6. The van der Waals surface area contributed by atoms with Crippen LogP contribution < -0.4 is 10.6 Å². The van der Waals surface area contributed by atoms with Gasteiger partial charge in [-0.15, -0.1) is 0 Å². The summed E-state index contributed by atoms with van der Waals surface area (Å²) in [5.74, 6) is 0.953. The highest BCUT2D eigenvalue weighted by molar-refractivity contribution is 5.62. The summed E-state index contributed by atoms with van der Waals surface area (Å²) in [6, 6.07) is 10.6. The quantitative estimate of drug-likeness (QED) is 0.622. The van der Waals surface area contributed by atoms with Gasteiger partial charge in [0.15, 0.2) is 0 Å². The number of benzene rings is 1. The molecular formula is C15H18N4O2. The van der Waals surface area contributed by atoms with Crippen molar-refractivity contribution >= 4 is 23.0 Å². The van der Waals surface area contributed by atoms with Gasteiger partial charge >= 0.3 is 0 Å². The first-order valence-electron chi connectivity index (χ1n) is 6.82. The monoisotopic (exact) mass is 286 g/mol. The zero-order valence-electron chi connectivity index (χ0n) is 12.1. The molecule has 21 heavy (non-hydrogen) atoms. The first-order valence-corrected chi connectivity index (χ1v) is 6.82. The molecule has 0 spiro atoms. The van der Waals surface area contributed by atoms with Crippen LogP contribution in [0.1, 0.15) is 18.9 Å². The Hall–Kier alpha value is -2.63. The molecule has 1 aromatic heterocycles. The predicted octanol–water partition coefficient (Wildman–Crippen LogP) is 3.86. The van der Waals surface area contributed by atoms with E-state index in [4.69, 9.17) is 0 Å². The summed E-state index contributed by atoms with van der Waals surface area (Å²) >= 11 is 0. The number of nitro groups is 1. The number of nitrogens with one attached hydrogen (secondary N) is 2. The van der Waals surface area contributed by atoms with Crippen LogP contribution in [0.5, 0.6) is 0 Å². The Morgan fingerprint density at radius 1 is 1.24 bits per heavy atom. The molecule has 0 unspecified atom stereocenters. The van der Waals surface area contributed by atoms with E-state index in [1.54, 1.807) is 0 Å². The molecule has 6 heteroatoms. The molecule has 2 N–H and O–H groups in total. The molecule has 2 aromatic rings. The molecule has 2 rings (SSSR count). The van der Waals surface area contributed by atoms with E-state index in [1.807, 2.05) is 38.1 Å². The van der Waals surface area contributed by atoms with E-state index in [-0.39, 0.29) is 5.69 Å². The highest BCUT2D eigenvalue weighted by Gasteiger charge is 2.11. The van der Waals surface area contributed by atoms with E-state index in [2.05, 4.69) is 15.6 Å². The van der Waals surface area contributed by atoms with Gasteiger partial charge in [0.1, 0.15) is 11.6 Å². The Morgan fingerprint density at radius 2 is 2.00 bits per heavy atom. The molecule has 0 bridgehead atoms. The summed E-state index contributed by atoms with van der Waals surface area (Å²) < 4.78 is 0. The van der Waals surface area contributed by atoms with Gasteiger partial charge in [-0.1, -0.05) is 19.1 Å². The molecule has 0 radical (unpaired) electrons. The normalized spacial score (nSPS) is 10.2. The van der Waals surface area contributed by atoms with E-state index in [0.717, 1.165) is 24.2 Å². The number of pyridine rings is 1. The van der Waals surface area contributed by atoms with Crippen LogP contribution in [0.3, 0.4) is 0 Å². The van der Waals surface area contributed by atoms with Crippen LogP contribution in [0.4, 0.5) is 23.0 Å². The topological polar surface area (TPSA) is 80.1 Å². The van der Waals surface area contributed by atoms with Gasteiger partial charge in [-0.3, -0.25) is 10.1 Å². The molecule has 0 saturated carbocycles. The van der Waals surface area contributed by atoms with E-state index in [9.17, 15) is 10.1 Å². The first kappa shape index (κ1) is 14.8. The first-order chi connectivity index (χ1) is 10.1. The molecule has 0 aliphatic carbocycles. The van der Waals surface area contributed by atoms with Crippen LogP contribution >= 0.6 is 0 Å². The summed E-state index contributed by atoms with van der Waals surface area (Å²) in [7, 11) is 0. The molecule has 0 amide bonds. The summed E-state index contributed by atoms with van der Waals surface area (Å²) in [6.45, 7) is 4.73. The minimum atomic E-state index is -0.416. The molecule has 0 fully saturated rings. The van der Waals surface area contributed by atoms with Crippen molar-refractivity contribution in [3.05, 3.63) is 52.1 Å². The number of hydrogen-bond acceptors (Lipinski definition) is 5. The second kappa shape index (κ2) is 6.69. The van der Waals surface area contributed by atoms with E-state index < -0.39 is 4.92 Å². The Kier molecular flexibility index (Phi) is 4.71. The third-order valence-corrected chi connectivity index (χ3v) is 2.87. The molecule has 0 saturated heterocycles. The predicted molar refractivity (Wildman–Crippen MR) is 84.1 cm³/mol. The van der Waals surface area contributed by atoms with Crippen molar-refractivity contribution < 1.29 is 4.92 Å². The minimum Gasteiger partial charge on any atom is -0.370 e. The molecule has 1 heterocycles. The lowest BCUT2D eigenvalue weighted by Crippen LogP contribution is -2.05. The van der Waals surface area contributed by atoms with Crippen molar-refractivity contribution in [3.8, 4) is 0 Å². The Morgan fingerprint density at radius 3 is 2.67 bits per heavy atom. The third-order valence-electron chi connectivity index (χ3n) is 2.87. The van der Waals surface area contributed by atoms with Gasteiger partial charge in [0.25, 0.3) is 5.69 Å². The zero-order chi connectivity index (χ0) is 15.2. The lowest BCUT2D eigenvalue weighted by Gasteiger charge is -2.09. The fourth-order valence-electron chi connectivity index (χ4n) is 1.90. The van der Waals surface area contributed by atoms with Gasteiger partial charge in [0.2, 0.25) is 0 Å². The van der Waals surface area contributed by atoms with Crippen LogP contribution in [0.2, 0.25) is 0 Å². The molecule has 6 nitrogen and oxygen atoms in total. The standard InChI is InChI=1S/C15H18N4O2/c1-3-7-16-14-9-13(19(20)21)10-15(18-14)17-12-6-4-5-11(2)8-12/h4-6,8-10H,3,7H2,1-2H3,(H2,16,17,18). The van der Waals surface area contributed by atoms with Gasteiger partial charge in [-0.25, -0.2) is 4.98 Å². The van der Waals surface area contributed by atoms with Crippen molar-refractivity contribution in [2.45, 2.75) is 20.3 Å². The van der Waals surface area contributed by atoms with Gasteiger partial charge in [0, 0.05) is 12.2 Å². The molecular weight excluding hydrogens is 268 g/mol. The van der Waals surface area contributed by atoms with Crippen molar-refractivity contribution in [2.75, 3.05) is 17.2 Å². The summed E-state index contributed by atoms with van der Waals surface area (Å²) in [5, 5.41) is 17.2. The Balaban J connectivity index is 2.28. The van der Waals surface area contributed by atoms with Crippen molar-refractivity contribution in [2.24, 2.45) is 0 Å². The smallest absolute Gasteiger partial charge is 0.276 e. The average Bonchev–Trinajstić information content (AvgIpc) is 2.45. The SMILES string of the molecule is CCCNc1cc([N+](=O)[O-])cc(Nc2cccc(C)c2)n1. The van der Waals surface area contributed by atoms with Crippen LogP contribution in [0.15, 0.2) is 36.4 Å². The lowest BCUT2D eigenvalue weighted by molar-refractivity contribution is -0.384. The molecule has 0 atom stereocenters. The average molecular weight is 286 g/mol. The molecule has 0 aliphatic rings. The fraction of sp³-hybridized carbons (Fsp3) is 0.267. The van der Waals surface area contributed by atoms with E-state index >= 15 is 0 Å². The number of aromatic nitrogens is 1. The van der Waals surface area contributed by atoms with Crippen LogP contribution in [0.25, 0.3) is 0 Å². The van der Waals surface area contributed by atoms with E-state index in [0.29, 0.717) is 11.6 Å². The highest BCUT2D eigenvalue weighted by Crippen LogP contribution is 2.23. The lowest BCUT2D eigenvalue weighted by atomic mass is 10.2. The van der Waals surface area contributed by atoms with Gasteiger partial charge in [0.05, 0.1) is 17.1 Å². The second-order valence-electron chi connectivity index (χ2n) is 4.77. The molecule has 1 aromatic carbocycles. The van der Waals surface area contributed by atoms with Crippen molar-refractivity contribution in [1.82, 2.24) is 4.98 Å². The second-order valence-corrected chi connectivity index (χ2v) is 4.77. The number of aryl methyl sites for hydroxylation is 1. The Labute approximate surface area is 123 Å². The summed E-state index contributed by atoms with van der Waals surface area (Å²) in [6.07, 6.45) is 0.922.